The Kier molecular flexibility index (Phi) is 5.49. The minimum atomic E-state index is -0.345. The molecule has 0 aliphatic carbocycles. The monoisotopic (exact) mass is 369 g/mol. The van der Waals surface area contributed by atoms with E-state index in [1.54, 1.807) is 61.4 Å². The first-order chi connectivity index (χ1) is 13.0. The maximum Gasteiger partial charge on any atom is 0.319 e. The fraction of sp³-hybridized carbons (Fsp3) is 0.389. The second kappa shape index (κ2) is 7.98. The maximum atomic E-state index is 12.6. The van der Waals surface area contributed by atoms with Gasteiger partial charge in [-0.15, -0.1) is 0 Å². The predicted molar refractivity (Wildman–Crippen MR) is 102 cm³/mol. The number of rotatable bonds is 3. The quantitative estimate of drug-likeness (QED) is 0.875. The molecule has 2 aromatic rings. The molecule has 0 radical (unpaired) electrons. The molecule has 27 heavy (non-hydrogen) atoms. The van der Waals surface area contributed by atoms with Gasteiger partial charge >= 0.3 is 6.03 Å². The zero-order valence-electron chi connectivity index (χ0n) is 15.7. The van der Waals surface area contributed by atoms with Crippen LogP contribution in [-0.2, 0) is 0 Å². The van der Waals surface area contributed by atoms with Gasteiger partial charge in [0.2, 0.25) is 0 Å². The van der Waals surface area contributed by atoms with Crippen LogP contribution in [0.25, 0.3) is 0 Å². The fourth-order valence-electron chi connectivity index (χ4n) is 2.83. The van der Waals surface area contributed by atoms with Crippen LogP contribution in [0.1, 0.15) is 16.2 Å². The van der Waals surface area contributed by atoms with Gasteiger partial charge in [-0.25, -0.2) is 14.8 Å². The van der Waals surface area contributed by atoms with Gasteiger partial charge in [0.05, 0.1) is 11.9 Å². The molecule has 9 nitrogen and oxygen atoms in total. The molecular formula is C18H23N7O2. The Balaban J connectivity index is 1.70. The second-order valence-corrected chi connectivity index (χ2v) is 6.48. The van der Waals surface area contributed by atoms with Crippen molar-refractivity contribution in [3.8, 4) is 0 Å². The number of pyridine rings is 1. The molecule has 142 valence electrons. The van der Waals surface area contributed by atoms with Crippen molar-refractivity contribution in [1.29, 1.82) is 0 Å². The topological polar surface area (TPSA) is 94.6 Å². The molecule has 0 atom stereocenters. The third-order valence-electron chi connectivity index (χ3n) is 4.32. The number of amides is 3. The Morgan fingerprint density at radius 2 is 1.85 bits per heavy atom. The molecule has 9 heteroatoms. The molecule has 2 aromatic heterocycles. The number of aromatic nitrogens is 3. The second-order valence-electron chi connectivity index (χ2n) is 6.48. The first-order valence-corrected chi connectivity index (χ1v) is 8.73. The van der Waals surface area contributed by atoms with Crippen molar-refractivity contribution < 1.29 is 9.59 Å². The van der Waals surface area contributed by atoms with Crippen molar-refractivity contribution in [2.24, 2.45) is 0 Å². The minimum absolute atomic E-state index is 0.0000632. The van der Waals surface area contributed by atoms with Crippen LogP contribution in [0, 0.1) is 6.92 Å². The third-order valence-corrected chi connectivity index (χ3v) is 4.32. The van der Waals surface area contributed by atoms with Crippen LogP contribution in [-0.4, -0.2) is 77.0 Å². The predicted octanol–water partition coefficient (Wildman–Crippen LogP) is 1.24. The summed E-state index contributed by atoms with van der Waals surface area (Å²) in [6.07, 6.45) is 3.27. The summed E-state index contributed by atoms with van der Waals surface area (Å²) < 4.78 is 0. The normalized spacial score (nSPS) is 14.0. The molecule has 0 spiro atoms. The first-order valence-electron chi connectivity index (χ1n) is 8.73. The fourth-order valence-corrected chi connectivity index (χ4v) is 2.83. The van der Waals surface area contributed by atoms with Gasteiger partial charge in [-0.05, 0) is 19.1 Å². The summed E-state index contributed by atoms with van der Waals surface area (Å²) in [5.74, 6) is 0.746. The molecular weight excluding hydrogens is 346 g/mol. The molecule has 0 unspecified atom stereocenters. The summed E-state index contributed by atoms with van der Waals surface area (Å²) in [6, 6.07) is 5.29. The Hall–Kier alpha value is -3.23. The molecule has 0 bridgehead atoms. The number of carbonyl (C=O) groups excluding carboxylic acids is 2. The number of nitrogens with one attached hydrogen (secondary N) is 1. The zero-order valence-corrected chi connectivity index (χ0v) is 15.7. The van der Waals surface area contributed by atoms with Crippen LogP contribution >= 0.6 is 0 Å². The van der Waals surface area contributed by atoms with Crippen molar-refractivity contribution in [3.63, 3.8) is 0 Å². The lowest BCUT2D eigenvalue weighted by Crippen LogP contribution is -2.51. The average Bonchev–Trinajstić information content (AvgIpc) is 2.68. The van der Waals surface area contributed by atoms with Crippen LogP contribution in [0.4, 0.5) is 16.4 Å². The van der Waals surface area contributed by atoms with Gasteiger partial charge in [0.15, 0.2) is 5.69 Å². The number of aryl methyl sites for hydroxylation is 1. The van der Waals surface area contributed by atoms with Crippen LogP contribution in [0.2, 0.25) is 0 Å². The van der Waals surface area contributed by atoms with Gasteiger partial charge in [0, 0.05) is 46.5 Å². The summed E-state index contributed by atoms with van der Waals surface area (Å²) in [5.41, 5.74) is 0.818. The van der Waals surface area contributed by atoms with E-state index in [4.69, 9.17) is 0 Å². The van der Waals surface area contributed by atoms with Gasteiger partial charge in [0.1, 0.15) is 11.6 Å². The van der Waals surface area contributed by atoms with Gasteiger partial charge in [-0.2, -0.15) is 0 Å². The molecule has 0 saturated carbocycles. The number of hydrogen-bond donors (Lipinski definition) is 1. The van der Waals surface area contributed by atoms with Gasteiger partial charge < -0.3 is 20.0 Å². The number of urea groups is 1. The van der Waals surface area contributed by atoms with Crippen molar-refractivity contribution in [3.05, 3.63) is 42.0 Å². The van der Waals surface area contributed by atoms with Crippen molar-refractivity contribution in [2.45, 2.75) is 6.92 Å². The van der Waals surface area contributed by atoms with E-state index < -0.39 is 0 Å². The number of nitrogens with zero attached hydrogens (tertiary/aromatic N) is 6. The lowest BCUT2D eigenvalue weighted by Gasteiger charge is -2.36. The Morgan fingerprint density at radius 1 is 1.11 bits per heavy atom. The molecule has 0 aromatic carbocycles. The molecule has 3 amide bonds. The highest BCUT2D eigenvalue weighted by molar-refractivity contribution is 6.03. The Bertz CT molecular complexity index is 818. The third kappa shape index (κ3) is 4.30. The molecule has 3 rings (SSSR count). The molecule has 1 aliphatic heterocycles. The number of anilines is 2. The van der Waals surface area contributed by atoms with E-state index in [2.05, 4.69) is 20.3 Å². The summed E-state index contributed by atoms with van der Waals surface area (Å²) in [6.45, 7) is 4.22. The number of hydrogen-bond acceptors (Lipinski definition) is 6. The standard InChI is InChI=1S/C18H23N7O2/c1-13-16(17(26)21-14-6-4-5-7-19-14)22-15(12-20-13)24-8-10-25(11-9-24)18(27)23(2)3/h4-7,12H,8-11H2,1-3H3,(H,19,21,26). The molecule has 3 heterocycles. The maximum absolute atomic E-state index is 12.6. The van der Waals surface area contributed by atoms with Crippen LogP contribution in [0.15, 0.2) is 30.6 Å². The molecule has 1 fully saturated rings. The van der Waals surface area contributed by atoms with E-state index in [9.17, 15) is 9.59 Å². The summed E-state index contributed by atoms with van der Waals surface area (Å²) >= 11 is 0. The van der Waals surface area contributed by atoms with Crippen LogP contribution in [0.3, 0.4) is 0 Å². The zero-order chi connectivity index (χ0) is 19.4. The highest BCUT2D eigenvalue weighted by atomic mass is 16.2. The van der Waals surface area contributed by atoms with Crippen LogP contribution < -0.4 is 10.2 Å². The molecule has 1 saturated heterocycles. The summed E-state index contributed by atoms with van der Waals surface area (Å²) in [5, 5.41) is 2.73. The molecule has 1 N–H and O–H groups in total. The van der Waals surface area contributed by atoms with Gasteiger partial charge in [0.25, 0.3) is 5.91 Å². The number of piperazine rings is 1. The minimum Gasteiger partial charge on any atom is -0.352 e. The molecule has 1 aliphatic rings. The SMILES string of the molecule is Cc1ncc(N2CCN(C(=O)N(C)C)CC2)nc1C(=O)Nc1ccccn1. The highest BCUT2D eigenvalue weighted by Crippen LogP contribution is 2.16. The van der Waals surface area contributed by atoms with Crippen molar-refractivity contribution in [2.75, 3.05) is 50.5 Å². The first kappa shape index (κ1) is 18.6. The summed E-state index contributed by atoms with van der Waals surface area (Å²) in [4.78, 5) is 42.9. The average molecular weight is 369 g/mol. The largest absolute Gasteiger partial charge is 0.352 e. The Morgan fingerprint density at radius 3 is 2.48 bits per heavy atom. The van der Waals surface area contributed by atoms with E-state index in [1.165, 1.54) is 0 Å². The van der Waals surface area contributed by atoms with E-state index in [0.29, 0.717) is 43.5 Å². The van der Waals surface area contributed by atoms with E-state index in [0.717, 1.165) is 0 Å². The van der Waals surface area contributed by atoms with Crippen molar-refractivity contribution in [1.82, 2.24) is 24.8 Å². The van der Waals surface area contributed by atoms with E-state index >= 15 is 0 Å². The number of carbonyl (C=O) groups is 2. The lowest BCUT2D eigenvalue weighted by atomic mass is 10.3. The van der Waals surface area contributed by atoms with E-state index in [1.807, 2.05) is 4.90 Å². The van der Waals surface area contributed by atoms with Gasteiger partial charge in [-0.3, -0.25) is 9.78 Å². The summed E-state index contributed by atoms with van der Waals surface area (Å²) in [7, 11) is 3.49. The van der Waals surface area contributed by atoms with Crippen molar-refractivity contribution >= 4 is 23.6 Å². The van der Waals surface area contributed by atoms with E-state index in [-0.39, 0.29) is 17.6 Å². The highest BCUT2D eigenvalue weighted by Gasteiger charge is 2.24. The van der Waals surface area contributed by atoms with Crippen LogP contribution in [0.5, 0.6) is 0 Å². The lowest BCUT2D eigenvalue weighted by molar-refractivity contribution is 0.102. The Labute approximate surface area is 158 Å². The smallest absolute Gasteiger partial charge is 0.319 e. The van der Waals surface area contributed by atoms with Gasteiger partial charge in [-0.1, -0.05) is 6.07 Å².